The van der Waals surface area contributed by atoms with E-state index < -0.39 is 0 Å². The summed E-state index contributed by atoms with van der Waals surface area (Å²) >= 11 is 0. The molecule has 0 spiro atoms. The van der Waals surface area contributed by atoms with E-state index in [1.807, 2.05) is 35.2 Å². The van der Waals surface area contributed by atoms with Gasteiger partial charge in [-0.3, -0.25) is 14.5 Å². The van der Waals surface area contributed by atoms with Crippen LogP contribution in [0.3, 0.4) is 0 Å². The van der Waals surface area contributed by atoms with Crippen LogP contribution in [0.15, 0.2) is 66.7 Å². The molecule has 1 saturated carbocycles. The van der Waals surface area contributed by atoms with Crippen molar-refractivity contribution in [3.8, 4) is 22.6 Å². The van der Waals surface area contributed by atoms with Crippen molar-refractivity contribution in [1.82, 2.24) is 10.2 Å². The Kier molecular flexibility index (Phi) is 11.3. The summed E-state index contributed by atoms with van der Waals surface area (Å²) < 4.78 is 17.1. The van der Waals surface area contributed by atoms with Crippen molar-refractivity contribution in [1.29, 1.82) is 0 Å². The first kappa shape index (κ1) is 35.2. The molecule has 3 heterocycles. The Hall–Kier alpha value is -4.25. The van der Waals surface area contributed by atoms with Gasteiger partial charge in [0, 0.05) is 45.1 Å². The number of hydrogen-bond acceptors (Lipinski definition) is 8. The summed E-state index contributed by atoms with van der Waals surface area (Å²) in [6, 6.07) is 22.9. The van der Waals surface area contributed by atoms with Gasteiger partial charge in [-0.1, -0.05) is 36.4 Å². The number of nitrogens with zero attached hydrogens (tertiary/aromatic N) is 3. The highest BCUT2D eigenvalue weighted by atomic mass is 16.5. The number of piperidine rings is 1. The standard InChI is InChI=1S/C41H50N4O6/c1-49-22-5-21-44-38-25-33(13-16-39(38)51-28-40(44)47)45(32-11-12-32)41(48)37-26-42-18-17-36(37)31-7-2-6-30(24-31)29-9-14-35(15-10-29)50-23-4-20-43-19-3-8-34(43)27-46/h2,6-7,9-10,13-16,24-25,27,32,34,36-37,42H,3-5,8,11-12,17-23,26,28H2,1H3/t34?,36-,37+/m1/s1. The van der Waals surface area contributed by atoms with Gasteiger partial charge < -0.3 is 34.1 Å². The van der Waals surface area contributed by atoms with Crippen molar-refractivity contribution in [2.45, 2.75) is 62.9 Å². The van der Waals surface area contributed by atoms with Gasteiger partial charge in [0.05, 0.1) is 24.3 Å². The maximum absolute atomic E-state index is 14.6. The Morgan fingerprint density at radius 1 is 0.980 bits per heavy atom. The molecule has 3 fully saturated rings. The van der Waals surface area contributed by atoms with Gasteiger partial charge in [0.2, 0.25) is 5.91 Å². The number of ether oxygens (including phenoxy) is 3. The fraction of sp³-hybridized carbons (Fsp3) is 0.488. The van der Waals surface area contributed by atoms with Gasteiger partial charge in [0.25, 0.3) is 5.91 Å². The number of benzene rings is 3. The third kappa shape index (κ3) is 8.14. The number of amides is 2. The van der Waals surface area contributed by atoms with Crippen molar-refractivity contribution in [3.63, 3.8) is 0 Å². The number of likely N-dealkylation sites (tertiary alicyclic amines) is 1. The van der Waals surface area contributed by atoms with Crippen LogP contribution < -0.4 is 24.6 Å². The molecule has 0 radical (unpaired) electrons. The first-order chi connectivity index (χ1) is 25.0. The molecule has 3 aromatic carbocycles. The maximum Gasteiger partial charge on any atom is 0.265 e. The number of rotatable bonds is 15. The van der Waals surface area contributed by atoms with E-state index in [9.17, 15) is 14.4 Å². The van der Waals surface area contributed by atoms with Crippen LogP contribution in [-0.2, 0) is 19.1 Å². The first-order valence-corrected chi connectivity index (χ1v) is 18.7. The Morgan fingerprint density at radius 2 is 1.82 bits per heavy atom. The fourth-order valence-corrected chi connectivity index (χ4v) is 7.93. The monoisotopic (exact) mass is 694 g/mol. The van der Waals surface area contributed by atoms with Gasteiger partial charge in [-0.15, -0.1) is 0 Å². The molecular formula is C41H50N4O6. The molecule has 10 nitrogen and oxygen atoms in total. The second-order valence-corrected chi connectivity index (χ2v) is 14.2. The lowest BCUT2D eigenvalue weighted by atomic mass is 9.79. The van der Waals surface area contributed by atoms with Crippen molar-refractivity contribution >= 4 is 29.5 Å². The SMILES string of the molecule is COCCCN1C(=O)COc2ccc(N(C(=O)[C@H]3CNCC[C@@H]3c3cccc(-c4ccc(OCCCN5CCCC5C=O)cc4)c3)C3CC3)cc21. The molecule has 3 atom stereocenters. The van der Waals surface area contributed by atoms with E-state index in [2.05, 4.69) is 46.6 Å². The molecule has 1 N–H and O–H groups in total. The Labute approximate surface area is 301 Å². The van der Waals surface area contributed by atoms with Gasteiger partial charge in [-0.05, 0) is 111 Å². The highest BCUT2D eigenvalue weighted by molar-refractivity contribution is 6.01. The van der Waals surface area contributed by atoms with Gasteiger partial charge in [0.1, 0.15) is 17.8 Å². The van der Waals surface area contributed by atoms with Gasteiger partial charge in [-0.25, -0.2) is 0 Å². The number of carbonyl (C=O) groups is 3. The topological polar surface area (TPSA) is 101 Å². The molecule has 4 aliphatic rings. The number of aldehydes is 1. The molecule has 10 heteroatoms. The van der Waals surface area contributed by atoms with Crippen LogP contribution in [0.25, 0.3) is 11.1 Å². The first-order valence-electron chi connectivity index (χ1n) is 18.7. The van der Waals surface area contributed by atoms with E-state index in [-0.39, 0.29) is 42.3 Å². The number of anilines is 2. The molecule has 2 amide bonds. The van der Waals surface area contributed by atoms with Crippen LogP contribution in [0.4, 0.5) is 11.4 Å². The number of carbonyl (C=O) groups excluding carboxylic acids is 3. The second-order valence-electron chi connectivity index (χ2n) is 14.2. The smallest absolute Gasteiger partial charge is 0.265 e. The Balaban J connectivity index is 1.04. The van der Waals surface area contributed by atoms with Gasteiger partial charge >= 0.3 is 0 Å². The van der Waals surface area contributed by atoms with Crippen LogP contribution in [-0.4, -0.2) is 94.7 Å². The second kappa shape index (κ2) is 16.4. The third-order valence-electron chi connectivity index (χ3n) is 10.8. The average Bonchev–Trinajstić information content (AvgIpc) is 3.90. The summed E-state index contributed by atoms with van der Waals surface area (Å²) in [7, 11) is 1.66. The normalized spacial score (nSPS) is 21.9. The molecule has 7 rings (SSSR count). The van der Waals surface area contributed by atoms with Crippen LogP contribution in [0.1, 0.15) is 56.4 Å². The van der Waals surface area contributed by atoms with E-state index in [0.29, 0.717) is 38.5 Å². The number of methoxy groups -OCH3 is 1. The fourth-order valence-electron chi connectivity index (χ4n) is 7.93. The van der Waals surface area contributed by atoms with Crippen LogP contribution in [0, 0.1) is 5.92 Å². The summed E-state index contributed by atoms with van der Waals surface area (Å²) in [6.07, 6.45) is 7.53. The summed E-state index contributed by atoms with van der Waals surface area (Å²) in [4.78, 5) is 44.8. The van der Waals surface area contributed by atoms with E-state index >= 15 is 0 Å². The number of hydrogen-bond donors (Lipinski definition) is 1. The molecule has 1 unspecified atom stereocenters. The van der Waals surface area contributed by atoms with E-state index in [0.717, 1.165) is 92.7 Å². The molecule has 51 heavy (non-hydrogen) atoms. The molecule has 270 valence electrons. The van der Waals surface area contributed by atoms with Crippen molar-refractivity contribution in [3.05, 3.63) is 72.3 Å². The zero-order valence-electron chi connectivity index (χ0n) is 29.6. The zero-order valence-corrected chi connectivity index (χ0v) is 29.6. The minimum absolute atomic E-state index is 0.0144. The average molecular weight is 695 g/mol. The van der Waals surface area contributed by atoms with Crippen molar-refractivity contribution in [2.75, 3.05) is 69.5 Å². The van der Waals surface area contributed by atoms with Gasteiger partial charge in [0.15, 0.2) is 6.61 Å². The number of nitrogens with one attached hydrogen (secondary N) is 1. The van der Waals surface area contributed by atoms with E-state index in [4.69, 9.17) is 14.2 Å². The molecule has 0 aromatic heterocycles. The zero-order chi connectivity index (χ0) is 35.2. The van der Waals surface area contributed by atoms with Crippen LogP contribution in [0.5, 0.6) is 11.5 Å². The quantitative estimate of drug-likeness (QED) is 0.166. The van der Waals surface area contributed by atoms with Crippen molar-refractivity contribution in [2.24, 2.45) is 5.92 Å². The molecule has 1 aliphatic carbocycles. The Bertz CT molecular complexity index is 1680. The Morgan fingerprint density at radius 3 is 2.63 bits per heavy atom. The van der Waals surface area contributed by atoms with E-state index in [1.165, 1.54) is 5.56 Å². The maximum atomic E-state index is 14.6. The third-order valence-corrected chi connectivity index (χ3v) is 10.8. The predicted octanol–water partition coefficient (Wildman–Crippen LogP) is 5.44. The summed E-state index contributed by atoms with van der Waals surface area (Å²) in [6.45, 7) is 5.07. The lowest BCUT2D eigenvalue weighted by Crippen LogP contribution is -2.47. The lowest BCUT2D eigenvalue weighted by molar-refractivity contribution is -0.123. The summed E-state index contributed by atoms with van der Waals surface area (Å²) in [5.41, 5.74) is 4.93. The molecular weight excluding hydrogens is 644 g/mol. The largest absolute Gasteiger partial charge is 0.494 e. The van der Waals surface area contributed by atoms with Crippen molar-refractivity contribution < 1.29 is 28.6 Å². The highest BCUT2D eigenvalue weighted by Crippen LogP contribution is 2.42. The van der Waals surface area contributed by atoms with Crippen LogP contribution in [0.2, 0.25) is 0 Å². The highest BCUT2D eigenvalue weighted by Gasteiger charge is 2.41. The molecule has 3 aromatic rings. The molecule has 2 saturated heterocycles. The minimum Gasteiger partial charge on any atom is -0.494 e. The lowest BCUT2D eigenvalue weighted by Gasteiger charge is -2.36. The van der Waals surface area contributed by atoms with Gasteiger partial charge in [-0.2, -0.15) is 0 Å². The van der Waals surface area contributed by atoms with Crippen LogP contribution >= 0.6 is 0 Å². The summed E-state index contributed by atoms with van der Waals surface area (Å²) in [5, 5.41) is 3.50. The molecule has 0 bridgehead atoms. The summed E-state index contributed by atoms with van der Waals surface area (Å²) in [5.74, 6) is 1.40. The molecule has 3 aliphatic heterocycles. The number of fused-ring (bicyclic) bond motifs is 1. The minimum atomic E-state index is -0.223. The predicted molar refractivity (Wildman–Crippen MR) is 198 cm³/mol. The van der Waals surface area contributed by atoms with E-state index in [1.54, 1.807) is 12.0 Å².